The molecule has 0 spiro atoms. The average molecular weight is 147 g/mol. The third-order valence-electron chi connectivity index (χ3n) is 2.43. The van der Waals surface area contributed by atoms with Gasteiger partial charge in [-0.05, 0) is 12.8 Å². The third-order valence-corrected chi connectivity index (χ3v) is 2.43. The molecule has 0 radical (unpaired) electrons. The molecule has 0 saturated heterocycles. The molecule has 0 aromatic heterocycles. The Labute approximate surface area is 67.5 Å². The van der Waals surface area contributed by atoms with E-state index >= 15 is 0 Å². The summed E-state index contributed by atoms with van der Waals surface area (Å²) in [6.07, 6.45) is 11.0. The van der Waals surface area contributed by atoms with Crippen molar-refractivity contribution in [3.05, 3.63) is 24.3 Å². The molecule has 1 nitrogen and oxygen atoms in total. The van der Waals surface area contributed by atoms with Gasteiger partial charge in [0.25, 0.3) is 0 Å². The predicted octanol–water partition coefficient (Wildman–Crippen LogP) is 2.35. The van der Waals surface area contributed by atoms with E-state index in [1.54, 1.807) is 0 Å². The summed E-state index contributed by atoms with van der Waals surface area (Å²) in [6.45, 7) is 2.18. The number of aliphatic imine (C=N–C) groups is 1. The summed E-state index contributed by atoms with van der Waals surface area (Å²) < 4.78 is 0. The fourth-order valence-corrected chi connectivity index (χ4v) is 1.74. The highest BCUT2D eigenvalue weighted by molar-refractivity contribution is 5.87. The Morgan fingerprint density at radius 1 is 1.45 bits per heavy atom. The van der Waals surface area contributed by atoms with Gasteiger partial charge in [-0.15, -0.1) is 0 Å². The summed E-state index contributed by atoms with van der Waals surface area (Å²) in [5, 5.41) is 0. The van der Waals surface area contributed by atoms with Crippen molar-refractivity contribution >= 4 is 5.71 Å². The molecule has 1 heterocycles. The van der Waals surface area contributed by atoms with Gasteiger partial charge in [-0.25, -0.2) is 0 Å². The maximum atomic E-state index is 4.61. The van der Waals surface area contributed by atoms with Crippen LogP contribution >= 0.6 is 0 Å². The van der Waals surface area contributed by atoms with Gasteiger partial charge < -0.3 is 0 Å². The van der Waals surface area contributed by atoms with Gasteiger partial charge in [-0.1, -0.05) is 31.2 Å². The van der Waals surface area contributed by atoms with Crippen molar-refractivity contribution in [1.82, 2.24) is 0 Å². The van der Waals surface area contributed by atoms with Crippen molar-refractivity contribution in [2.24, 2.45) is 10.9 Å². The maximum Gasteiger partial charge on any atom is 0.0748 e. The highest BCUT2D eigenvalue weighted by Crippen LogP contribution is 2.27. The summed E-state index contributed by atoms with van der Waals surface area (Å²) in [4.78, 5) is 4.61. The lowest BCUT2D eigenvalue weighted by molar-refractivity contribution is 0.636. The van der Waals surface area contributed by atoms with Gasteiger partial charge in [0.05, 0.1) is 6.04 Å². The van der Waals surface area contributed by atoms with Crippen molar-refractivity contribution in [3.63, 3.8) is 0 Å². The number of nitrogens with zero attached hydrogens (tertiary/aromatic N) is 1. The van der Waals surface area contributed by atoms with Crippen LogP contribution in [0.3, 0.4) is 0 Å². The number of rotatable bonds is 1. The number of allylic oxidation sites excluding steroid dienone is 2. The lowest BCUT2D eigenvalue weighted by atomic mass is 9.94. The second-order valence-corrected chi connectivity index (χ2v) is 3.18. The quantitative estimate of drug-likeness (QED) is 0.540. The fourth-order valence-electron chi connectivity index (χ4n) is 1.74. The van der Waals surface area contributed by atoms with E-state index in [-0.39, 0.29) is 0 Å². The molecule has 0 saturated carbocycles. The second kappa shape index (κ2) is 2.65. The second-order valence-electron chi connectivity index (χ2n) is 3.18. The molecule has 1 aliphatic heterocycles. The molecule has 0 N–H and O–H groups in total. The lowest BCUT2D eigenvalue weighted by Gasteiger charge is -2.11. The van der Waals surface area contributed by atoms with Crippen molar-refractivity contribution in [1.29, 1.82) is 0 Å². The van der Waals surface area contributed by atoms with Crippen LogP contribution in [0.1, 0.15) is 19.8 Å². The maximum absolute atomic E-state index is 4.61. The van der Waals surface area contributed by atoms with Gasteiger partial charge in [0.15, 0.2) is 0 Å². The highest BCUT2D eigenvalue weighted by atomic mass is 14.8. The summed E-state index contributed by atoms with van der Waals surface area (Å²) in [5.41, 5.74) is 1.39. The lowest BCUT2D eigenvalue weighted by Crippen LogP contribution is -2.10. The zero-order valence-electron chi connectivity index (χ0n) is 6.83. The van der Waals surface area contributed by atoms with Crippen molar-refractivity contribution in [2.45, 2.75) is 25.8 Å². The minimum absolute atomic E-state index is 0.468. The average Bonchev–Trinajstić information content (AvgIpc) is 2.46. The smallest absolute Gasteiger partial charge is 0.0748 e. The molecule has 0 aromatic rings. The molecule has 1 aliphatic carbocycles. The van der Waals surface area contributed by atoms with Crippen molar-refractivity contribution in [3.8, 4) is 0 Å². The zero-order chi connectivity index (χ0) is 7.68. The van der Waals surface area contributed by atoms with Crippen LogP contribution in [0, 0.1) is 5.92 Å². The zero-order valence-corrected chi connectivity index (χ0v) is 6.83. The van der Waals surface area contributed by atoms with Crippen LogP contribution in [0.15, 0.2) is 29.3 Å². The highest BCUT2D eigenvalue weighted by Gasteiger charge is 2.24. The molecule has 0 aromatic carbocycles. The fraction of sp³-hybridized carbons (Fsp3) is 0.500. The molecule has 2 aliphatic rings. The van der Waals surface area contributed by atoms with E-state index in [2.05, 4.69) is 36.2 Å². The predicted molar refractivity (Wildman–Crippen MR) is 47.9 cm³/mol. The summed E-state index contributed by atoms with van der Waals surface area (Å²) in [6, 6.07) is 0.468. The molecule has 2 rings (SSSR count). The third kappa shape index (κ3) is 1.15. The molecule has 11 heavy (non-hydrogen) atoms. The van der Waals surface area contributed by atoms with E-state index in [0.717, 1.165) is 6.42 Å². The van der Waals surface area contributed by atoms with Gasteiger partial charge in [0.2, 0.25) is 0 Å². The van der Waals surface area contributed by atoms with Crippen LogP contribution in [0.2, 0.25) is 0 Å². The van der Waals surface area contributed by atoms with Crippen molar-refractivity contribution < 1.29 is 0 Å². The SMILES string of the molecule is CCC1=NC2C=CC=CC2C1. The largest absolute Gasteiger partial charge is 0.286 e. The Balaban J connectivity index is 2.16. The number of hydrogen-bond acceptors (Lipinski definition) is 1. The Hall–Kier alpha value is -0.850. The van der Waals surface area contributed by atoms with Crippen LogP contribution in [0.5, 0.6) is 0 Å². The van der Waals surface area contributed by atoms with E-state index in [1.165, 1.54) is 12.1 Å². The van der Waals surface area contributed by atoms with E-state index in [1.807, 2.05) is 0 Å². The van der Waals surface area contributed by atoms with Gasteiger partial charge in [-0.3, -0.25) is 4.99 Å². The molecular formula is C10H13N. The molecule has 2 unspecified atom stereocenters. The van der Waals surface area contributed by atoms with Gasteiger partial charge in [-0.2, -0.15) is 0 Å². The number of fused-ring (bicyclic) bond motifs is 1. The standard InChI is InChI=1S/C10H13N/c1-2-9-7-8-5-3-4-6-10(8)11-9/h3-6,8,10H,2,7H2,1H3. The van der Waals surface area contributed by atoms with E-state index in [9.17, 15) is 0 Å². The first kappa shape index (κ1) is 6.84. The first-order valence-corrected chi connectivity index (χ1v) is 4.30. The molecule has 0 amide bonds. The van der Waals surface area contributed by atoms with Crippen LogP contribution in [-0.2, 0) is 0 Å². The van der Waals surface area contributed by atoms with E-state index in [4.69, 9.17) is 0 Å². The van der Waals surface area contributed by atoms with Gasteiger partial charge >= 0.3 is 0 Å². The van der Waals surface area contributed by atoms with Crippen LogP contribution in [0.4, 0.5) is 0 Å². The first-order chi connectivity index (χ1) is 5.40. The Morgan fingerprint density at radius 2 is 2.27 bits per heavy atom. The van der Waals surface area contributed by atoms with Crippen molar-refractivity contribution in [2.75, 3.05) is 0 Å². The summed E-state index contributed by atoms with van der Waals surface area (Å²) in [5.74, 6) is 0.676. The molecule has 0 bridgehead atoms. The molecule has 1 heteroatoms. The van der Waals surface area contributed by atoms with Crippen LogP contribution < -0.4 is 0 Å². The van der Waals surface area contributed by atoms with Crippen LogP contribution in [-0.4, -0.2) is 11.8 Å². The first-order valence-electron chi connectivity index (χ1n) is 4.30. The Bertz CT molecular complexity index is 235. The molecule has 2 atom stereocenters. The Morgan fingerprint density at radius 3 is 3.00 bits per heavy atom. The monoisotopic (exact) mass is 147 g/mol. The Kier molecular flexibility index (Phi) is 1.65. The van der Waals surface area contributed by atoms with E-state index in [0.29, 0.717) is 12.0 Å². The summed E-state index contributed by atoms with van der Waals surface area (Å²) in [7, 11) is 0. The normalized spacial score (nSPS) is 33.7. The molecular weight excluding hydrogens is 134 g/mol. The topological polar surface area (TPSA) is 12.4 Å². The van der Waals surface area contributed by atoms with Gasteiger partial charge in [0.1, 0.15) is 0 Å². The molecule has 0 fully saturated rings. The summed E-state index contributed by atoms with van der Waals surface area (Å²) >= 11 is 0. The van der Waals surface area contributed by atoms with Gasteiger partial charge in [0, 0.05) is 11.6 Å². The van der Waals surface area contributed by atoms with E-state index < -0.39 is 0 Å². The minimum Gasteiger partial charge on any atom is -0.286 e. The van der Waals surface area contributed by atoms with Crippen LogP contribution in [0.25, 0.3) is 0 Å². The molecule has 58 valence electrons. The minimum atomic E-state index is 0.468. The number of hydrogen-bond donors (Lipinski definition) is 0.